The first-order valence-electron chi connectivity index (χ1n) is 9.66. The molecule has 2 heterocycles. The van der Waals surface area contributed by atoms with Crippen molar-refractivity contribution < 1.29 is 36.4 Å². The summed E-state index contributed by atoms with van der Waals surface area (Å²) in [5, 5.41) is 21.2. The number of amides is 1. The summed E-state index contributed by atoms with van der Waals surface area (Å²) in [4.78, 5) is 13.4. The second kappa shape index (κ2) is 7.35. The number of para-hydroxylation sites is 1. The van der Waals surface area contributed by atoms with Gasteiger partial charge in [0.2, 0.25) is 5.91 Å². The number of alkyl halides is 3. The average molecular weight is 453 g/mol. The molecule has 0 aliphatic carbocycles. The Balaban J connectivity index is 1.94. The lowest BCUT2D eigenvalue weighted by Crippen LogP contribution is -2.46. The molecule has 1 atom stereocenters. The Morgan fingerprint density at radius 2 is 1.65 bits per heavy atom. The predicted molar refractivity (Wildman–Crippen MR) is 108 cm³/mol. The molecule has 0 bridgehead atoms. The first-order valence-corrected chi connectivity index (χ1v) is 11.5. The number of nitrogens with one attached hydrogen (secondary N) is 1. The molecule has 2 aromatic carbocycles. The van der Waals surface area contributed by atoms with Gasteiger partial charge in [-0.15, -0.1) is 0 Å². The highest BCUT2D eigenvalue weighted by Crippen LogP contribution is 2.53. The van der Waals surface area contributed by atoms with Gasteiger partial charge in [0.25, 0.3) is 0 Å². The average Bonchev–Trinajstić information content (AvgIpc) is 3.00. The number of rotatable bonds is 3. The molecule has 1 saturated heterocycles. The van der Waals surface area contributed by atoms with Crippen LogP contribution in [0.3, 0.4) is 0 Å². The van der Waals surface area contributed by atoms with Crippen molar-refractivity contribution in [3.8, 4) is 0 Å². The molecule has 0 aromatic heterocycles. The van der Waals surface area contributed by atoms with Gasteiger partial charge >= 0.3 is 13.3 Å². The lowest BCUT2D eigenvalue weighted by atomic mass is 9.63. The van der Waals surface area contributed by atoms with Gasteiger partial charge in [-0.1, -0.05) is 36.4 Å². The minimum Gasteiger partial charge on any atom is -0.423 e. The van der Waals surface area contributed by atoms with Crippen molar-refractivity contribution in [2.24, 2.45) is 5.92 Å². The van der Waals surface area contributed by atoms with E-state index in [2.05, 4.69) is 5.32 Å². The van der Waals surface area contributed by atoms with Crippen LogP contribution in [0.4, 0.5) is 18.9 Å². The minimum atomic E-state index is -4.69. The van der Waals surface area contributed by atoms with E-state index < -0.39 is 45.9 Å². The molecule has 3 N–H and O–H groups in total. The summed E-state index contributed by atoms with van der Waals surface area (Å²) in [6.07, 6.45) is -4.44. The third-order valence-corrected chi connectivity index (χ3v) is 7.94. The third kappa shape index (κ3) is 3.54. The summed E-state index contributed by atoms with van der Waals surface area (Å²) < 4.78 is 64.8. The topological polar surface area (TPSA) is 104 Å². The van der Waals surface area contributed by atoms with E-state index in [1.54, 1.807) is 0 Å². The molecule has 2 aliphatic rings. The molecule has 0 radical (unpaired) electrons. The highest BCUT2D eigenvalue weighted by Gasteiger charge is 2.56. The molecule has 1 amide bonds. The van der Waals surface area contributed by atoms with Crippen molar-refractivity contribution in [2.45, 2.75) is 24.4 Å². The number of sulfone groups is 1. The van der Waals surface area contributed by atoms with Gasteiger partial charge in [0, 0.05) is 0 Å². The van der Waals surface area contributed by atoms with Crippen molar-refractivity contribution in [1.82, 2.24) is 0 Å². The molecule has 31 heavy (non-hydrogen) atoms. The molecule has 11 heteroatoms. The molecule has 1 fully saturated rings. The molecule has 2 aromatic rings. The number of benzene rings is 2. The number of fused-ring (bicyclic) bond motifs is 1. The van der Waals surface area contributed by atoms with Crippen LogP contribution in [0.2, 0.25) is 0 Å². The number of hydrogen-bond acceptors (Lipinski definition) is 5. The van der Waals surface area contributed by atoms with Crippen LogP contribution < -0.4 is 10.8 Å². The van der Waals surface area contributed by atoms with Gasteiger partial charge in [-0.3, -0.25) is 4.79 Å². The van der Waals surface area contributed by atoms with Gasteiger partial charge < -0.3 is 15.4 Å². The van der Waals surface area contributed by atoms with Crippen molar-refractivity contribution in [2.75, 3.05) is 16.8 Å². The summed E-state index contributed by atoms with van der Waals surface area (Å²) in [6, 6.07) is 9.33. The lowest BCUT2D eigenvalue weighted by Gasteiger charge is -2.39. The number of anilines is 1. The summed E-state index contributed by atoms with van der Waals surface area (Å²) in [6.45, 7) is 0. The van der Waals surface area contributed by atoms with E-state index >= 15 is 0 Å². The Hall–Kier alpha value is -2.37. The maximum absolute atomic E-state index is 13.6. The Morgan fingerprint density at radius 1 is 1.03 bits per heavy atom. The predicted octanol–water partition coefficient (Wildman–Crippen LogP) is 1.45. The van der Waals surface area contributed by atoms with Gasteiger partial charge in [0.15, 0.2) is 0 Å². The standard InChI is InChI=1S/C20H19BF3NO5S/c22-20(23,24)16-3-1-2-15-17(16)25-18(26)19(15,13-8-10-31(29,30)11-9-13)12-4-6-14(7-5-12)21(27)28/h1-7,13,27-28H,8-11H2,(H,25,26). The quantitative estimate of drug-likeness (QED) is 0.611. The third-order valence-electron chi connectivity index (χ3n) is 6.22. The molecule has 0 spiro atoms. The van der Waals surface area contributed by atoms with E-state index in [4.69, 9.17) is 0 Å². The van der Waals surface area contributed by atoms with Gasteiger partial charge in [0.05, 0.1) is 22.8 Å². The fraction of sp³-hybridized carbons (Fsp3) is 0.350. The van der Waals surface area contributed by atoms with E-state index in [-0.39, 0.29) is 41.1 Å². The second-order valence-corrected chi connectivity index (χ2v) is 10.2. The summed E-state index contributed by atoms with van der Waals surface area (Å²) >= 11 is 0. The van der Waals surface area contributed by atoms with Gasteiger partial charge in [0.1, 0.15) is 15.3 Å². The molecule has 164 valence electrons. The molecule has 2 aliphatic heterocycles. The molecule has 6 nitrogen and oxygen atoms in total. The molecule has 4 rings (SSSR count). The van der Waals surface area contributed by atoms with Gasteiger partial charge in [-0.2, -0.15) is 13.2 Å². The van der Waals surface area contributed by atoms with Crippen LogP contribution in [0, 0.1) is 5.92 Å². The van der Waals surface area contributed by atoms with Gasteiger partial charge in [-0.25, -0.2) is 8.42 Å². The SMILES string of the molecule is O=C1Nc2c(C(F)(F)F)cccc2C1(c1ccc(B(O)O)cc1)C1CCS(=O)(=O)CC1. The highest BCUT2D eigenvalue weighted by atomic mass is 32.2. The largest absolute Gasteiger partial charge is 0.488 e. The first-order chi connectivity index (χ1) is 14.5. The van der Waals surface area contributed by atoms with E-state index in [1.165, 1.54) is 36.4 Å². The fourth-order valence-corrected chi connectivity index (χ4v) is 6.25. The van der Waals surface area contributed by atoms with Crippen molar-refractivity contribution >= 4 is 34.0 Å². The molecular weight excluding hydrogens is 434 g/mol. The van der Waals surface area contributed by atoms with Crippen LogP contribution in [-0.4, -0.2) is 43.0 Å². The maximum Gasteiger partial charge on any atom is 0.488 e. The molecule has 0 saturated carbocycles. The van der Waals surface area contributed by atoms with Crippen LogP contribution in [-0.2, 0) is 26.2 Å². The highest BCUT2D eigenvalue weighted by molar-refractivity contribution is 7.91. The van der Waals surface area contributed by atoms with Crippen molar-refractivity contribution in [3.63, 3.8) is 0 Å². The molecule has 1 unspecified atom stereocenters. The van der Waals surface area contributed by atoms with E-state index in [1.807, 2.05) is 0 Å². The monoisotopic (exact) mass is 453 g/mol. The second-order valence-electron chi connectivity index (χ2n) is 7.91. The number of carbonyl (C=O) groups excluding carboxylic acids is 1. The van der Waals surface area contributed by atoms with E-state index in [9.17, 15) is 36.4 Å². The zero-order valence-electron chi connectivity index (χ0n) is 16.2. The van der Waals surface area contributed by atoms with Crippen LogP contribution in [0.25, 0.3) is 0 Å². The van der Waals surface area contributed by atoms with Crippen molar-refractivity contribution in [3.05, 3.63) is 59.2 Å². The van der Waals surface area contributed by atoms with Crippen molar-refractivity contribution in [1.29, 1.82) is 0 Å². The summed E-state index contributed by atoms with van der Waals surface area (Å²) in [7, 11) is -5.02. The summed E-state index contributed by atoms with van der Waals surface area (Å²) in [5.41, 5.74) is -2.13. The van der Waals surface area contributed by atoms with Crippen LogP contribution in [0.15, 0.2) is 42.5 Å². The minimum absolute atomic E-state index is 0.121. The Morgan fingerprint density at radius 3 is 2.19 bits per heavy atom. The van der Waals surface area contributed by atoms with E-state index in [0.29, 0.717) is 5.56 Å². The number of halogens is 3. The first kappa shape index (κ1) is 21.9. The van der Waals surface area contributed by atoms with Crippen LogP contribution >= 0.6 is 0 Å². The lowest BCUT2D eigenvalue weighted by molar-refractivity contribution is -0.136. The van der Waals surface area contributed by atoms with Crippen LogP contribution in [0.1, 0.15) is 29.5 Å². The number of carbonyl (C=O) groups is 1. The Bertz CT molecular complexity index is 1120. The zero-order chi connectivity index (χ0) is 22.6. The van der Waals surface area contributed by atoms with Gasteiger partial charge in [-0.05, 0) is 41.4 Å². The smallest absolute Gasteiger partial charge is 0.423 e. The van der Waals surface area contributed by atoms with Crippen LogP contribution in [0.5, 0.6) is 0 Å². The zero-order valence-corrected chi connectivity index (χ0v) is 17.0. The van der Waals surface area contributed by atoms with E-state index in [0.717, 1.165) is 6.07 Å². The normalized spacial score (nSPS) is 23.3. The Labute approximate surface area is 177 Å². The number of hydrogen-bond donors (Lipinski definition) is 3. The summed E-state index contributed by atoms with van der Waals surface area (Å²) in [5.74, 6) is -1.52. The molecular formula is C20H19BF3NO5S. The fourth-order valence-electron chi connectivity index (χ4n) is 4.76. The maximum atomic E-state index is 13.6. The Kier molecular flexibility index (Phi) is 5.18.